The first kappa shape index (κ1) is 63.8. The van der Waals surface area contributed by atoms with E-state index in [0.29, 0.717) is 167 Å². The maximum atomic E-state index is 15.7. The molecule has 0 N–H and O–H groups in total. The molecule has 4 aliphatic heterocycles. The predicted octanol–water partition coefficient (Wildman–Crippen LogP) is 15.1. The van der Waals surface area contributed by atoms with Crippen molar-refractivity contribution in [2.75, 3.05) is 0 Å². The van der Waals surface area contributed by atoms with Crippen LogP contribution in [0.15, 0.2) is 0 Å². The van der Waals surface area contributed by atoms with Gasteiger partial charge in [0.2, 0.25) is 0 Å². The van der Waals surface area contributed by atoms with Crippen LogP contribution in [0.1, 0.15) is 257 Å². The van der Waals surface area contributed by atoms with E-state index in [1.54, 1.807) is 0 Å². The number of halogens is 6. The first-order valence-electron chi connectivity index (χ1n) is 32.3. The normalized spacial score (nSPS) is 41.4. The molecule has 4 saturated heterocycles. The van der Waals surface area contributed by atoms with Crippen molar-refractivity contribution < 1.29 is 96.2 Å². The molecule has 8 aliphatic carbocycles. The molecule has 0 aromatic rings. The fraction of sp³-hybridized carbons (Fsp3) is 1.00. The third-order valence-electron chi connectivity index (χ3n) is 21.0. The summed E-state index contributed by atoms with van der Waals surface area (Å²) in [5, 5.41) is 0. The lowest BCUT2D eigenvalue weighted by Gasteiger charge is -2.65. The van der Waals surface area contributed by atoms with Gasteiger partial charge in [0.05, 0.1) is 0 Å². The fourth-order valence-electron chi connectivity index (χ4n) is 16.7. The molecule has 0 spiro atoms. The summed E-state index contributed by atoms with van der Waals surface area (Å²) in [6.07, 6.45) is 21.1. The quantitative estimate of drug-likeness (QED) is 0.102. The average Bonchev–Trinajstić information content (AvgIpc) is 1.37. The molecule has 0 aromatic carbocycles. The maximum absolute atomic E-state index is 15.7. The molecule has 476 valence electrons. The van der Waals surface area contributed by atoms with Crippen LogP contribution in [-0.2, 0) is 73.2 Å². The van der Waals surface area contributed by atoms with Crippen molar-refractivity contribution in [2.45, 2.75) is 312 Å². The Kier molecular flexibility index (Phi) is 18.9. The van der Waals surface area contributed by atoms with Gasteiger partial charge in [-0.2, -0.15) is 43.2 Å². The van der Waals surface area contributed by atoms with Crippen LogP contribution in [0, 0.1) is 0 Å². The number of hydrogen-bond acceptors (Lipinski definition) is 17. The smallest absolute Gasteiger partial charge is 0.373 e. The van der Waals surface area contributed by atoms with E-state index in [1.165, 1.54) is 0 Å². The maximum Gasteiger partial charge on any atom is 0.522 e. The highest BCUT2D eigenvalue weighted by Gasteiger charge is 2.87. The molecule has 4 unspecified atom stereocenters. The standard InChI is InChI=1S/C50H88F6O17S2Si8/c51-49(52,53)74(57,58)61-76(41-25-9-1-10-26-41)63-78(43-29-13-3-14-30-43)67-80(45-33-17-5-18-34-45)65-77(42-27-11-2-12-28-42,62-75(59,60)50(54,55)56)66-81(46-35-19-6-20-36-46)68-79(64-76,44-31-15-4-16-32-44)70-82(69-78,47-37-21-7-22-38-47)73-83(71-80,72-81)48-39-23-8-24-40-48/h41-48H,1-40H2. The van der Waals surface area contributed by atoms with Gasteiger partial charge in [0.15, 0.2) is 0 Å². The molecule has 0 amide bonds. The van der Waals surface area contributed by atoms with Gasteiger partial charge in [-0.3, -0.25) is 7.74 Å². The molecule has 83 heavy (non-hydrogen) atoms. The summed E-state index contributed by atoms with van der Waals surface area (Å²) in [6, 6.07) is 0. The molecule has 12 aliphatic rings. The lowest BCUT2D eigenvalue weighted by atomic mass is 10.0. The first-order chi connectivity index (χ1) is 39.5. The van der Waals surface area contributed by atoms with Crippen LogP contribution in [0.4, 0.5) is 26.3 Å². The van der Waals surface area contributed by atoms with Gasteiger partial charge < -0.3 is 45.3 Å². The van der Waals surface area contributed by atoms with Crippen LogP contribution in [0.25, 0.3) is 0 Å². The Bertz CT molecular complexity index is 2240. The Morgan fingerprint density at radius 1 is 0.241 bits per heavy atom. The zero-order chi connectivity index (χ0) is 58.1. The largest absolute Gasteiger partial charge is 0.522 e. The molecule has 4 heterocycles. The zero-order valence-electron chi connectivity index (χ0n) is 47.9. The zero-order valence-corrected chi connectivity index (χ0v) is 57.6. The second kappa shape index (κ2) is 24.6. The third-order valence-corrected chi connectivity index (χ3v) is 63.4. The van der Waals surface area contributed by atoms with Gasteiger partial charge in [-0.05, 0) is 103 Å². The Hall–Kier alpha value is 0.695. The molecule has 12 fully saturated rings. The molecule has 4 atom stereocenters. The Morgan fingerprint density at radius 3 is 0.542 bits per heavy atom. The van der Waals surface area contributed by atoms with E-state index in [4.69, 9.17) is 53.0 Å². The summed E-state index contributed by atoms with van der Waals surface area (Å²) in [5.41, 5.74) is -18.5. The van der Waals surface area contributed by atoms with Gasteiger partial charge in [-0.25, -0.2) is 0 Å². The van der Waals surface area contributed by atoms with Gasteiger partial charge >= 0.3 is 102 Å². The Morgan fingerprint density at radius 2 is 0.386 bits per heavy atom. The van der Waals surface area contributed by atoms with E-state index in [1.807, 2.05) is 0 Å². The molecule has 8 saturated carbocycles. The lowest BCUT2D eigenvalue weighted by molar-refractivity contribution is -0.0591. The molecule has 6 bridgehead atoms. The topological polar surface area (TPSA) is 188 Å². The molecular weight excluding hydrogens is 1280 g/mol. The van der Waals surface area contributed by atoms with Crippen molar-refractivity contribution in [1.82, 2.24) is 0 Å². The average molecular weight is 1360 g/mol. The van der Waals surface area contributed by atoms with E-state index in [0.717, 1.165) is 64.2 Å². The number of fused-ring (bicyclic) bond motifs is 4. The molecule has 0 aromatic heterocycles. The van der Waals surface area contributed by atoms with Crippen LogP contribution in [0.3, 0.4) is 0 Å². The van der Waals surface area contributed by atoms with Crippen molar-refractivity contribution in [2.24, 2.45) is 0 Å². The van der Waals surface area contributed by atoms with Crippen molar-refractivity contribution >= 4 is 90.7 Å². The lowest BCUT2D eigenvalue weighted by Crippen LogP contribution is -2.88. The van der Waals surface area contributed by atoms with Crippen LogP contribution < -0.4 is 0 Å². The Balaban J connectivity index is 1.25. The highest BCUT2D eigenvalue weighted by molar-refractivity contribution is 7.88. The van der Waals surface area contributed by atoms with Crippen LogP contribution in [0.5, 0.6) is 0 Å². The van der Waals surface area contributed by atoms with E-state index < -0.39 is 146 Å². The molecule has 33 heteroatoms. The molecule has 0 radical (unpaired) electrons. The minimum atomic E-state index is -6.61. The summed E-state index contributed by atoms with van der Waals surface area (Å²) in [4.78, 5) is 0. The SMILES string of the molecule is O=S(=O)(O[Si]1(C2CCCCC2)O[Si]2(C3CCCCC3)O[Si]3(C4CCCCC4)O[Si]4(C5CCCCC5)O[Si](C5CCCCC5)(O2)O[Si](OS(=O)(=O)C(F)(F)F)(C2CCCCC2)O[Si](C2CCCCC2)(O4)O[Si](C2CCCCC2)(O3)O1)C(F)(F)F. The molecule has 12 rings (SSSR count). The van der Waals surface area contributed by atoms with Crippen molar-refractivity contribution in [3.63, 3.8) is 0 Å². The molecule has 17 nitrogen and oxygen atoms in total. The summed E-state index contributed by atoms with van der Waals surface area (Å²) in [6.45, 7) is 0. The first-order valence-corrected chi connectivity index (χ1v) is 49.5. The van der Waals surface area contributed by atoms with Crippen molar-refractivity contribution in [3.8, 4) is 0 Å². The monoisotopic (exact) mass is 1360 g/mol. The van der Waals surface area contributed by atoms with Crippen molar-refractivity contribution in [3.05, 3.63) is 0 Å². The number of rotatable bonds is 12. The second-order valence-corrected chi connectivity index (χ2v) is 55.8. The highest BCUT2D eigenvalue weighted by atomic mass is 32.2. The van der Waals surface area contributed by atoms with E-state index >= 15 is 26.3 Å². The predicted molar refractivity (Wildman–Crippen MR) is 305 cm³/mol. The van der Waals surface area contributed by atoms with E-state index in [-0.39, 0.29) is 25.7 Å². The minimum absolute atomic E-state index is 0.153. The van der Waals surface area contributed by atoms with Crippen LogP contribution in [0.2, 0.25) is 44.3 Å². The van der Waals surface area contributed by atoms with Crippen LogP contribution >= 0.6 is 0 Å². The van der Waals surface area contributed by atoms with E-state index in [9.17, 15) is 16.8 Å². The summed E-state index contributed by atoms with van der Waals surface area (Å²) >= 11 is 0. The molecular formula is C50H88F6O17S2Si8. The fourth-order valence-corrected chi connectivity index (χ4v) is 74.6. The minimum Gasteiger partial charge on any atom is -0.373 e. The van der Waals surface area contributed by atoms with Gasteiger partial charge in [0.1, 0.15) is 0 Å². The summed E-state index contributed by atoms with van der Waals surface area (Å²) in [5.74, 6) is 0. The van der Waals surface area contributed by atoms with E-state index in [2.05, 4.69) is 0 Å². The second-order valence-electron chi connectivity index (χ2n) is 26.6. The summed E-state index contributed by atoms with van der Waals surface area (Å²) < 4.78 is 255. The third kappa shape index (κ3) is 12.4. The van der Waals surface area contributed by atoms with Crippen LogP contribution in [-0.4, -0.2) is 98.3 Å². The Labute approximate surface area is 496 Å². The number of hydrogen-bond donors (Lipinski definition) is 0. The van der Waals surface area contributed by atoms with Crippen molar-refractivity contribution in [1.29, 1.82) is 0 Å². The number of alkyl halides is 6. The van der Waals surface area contributed by atoms with Gasteiger partial charge in [-0.1, -0.05) is 154 Å². The van der Waals surface area contributed by atoms with Gasteiger partial charge in [0, 0.05) is 44.3 Å². The summed E-state index contributed by atoms with van der Waals surface area (Å²) in [7, 11) is -55.8. The van der Waals surface area contributed by atoms with Gasteiger partial charge in [-0.15, -0.1) is 0 Å². The van der Waals surface area contributed by atoms with Gasteiger partial charge in [0.25, 0.3) is 0 Å². The highest BCUT2D eigenvalue weighted by Crippen LogP contribution is 2.65.